The topological polar surface area (TPSA) is 52.6 Å². The number of rotatable bonds is 7. The summed E-state index contributed by atoms with van der Waals surface area (Å²) >= 11 is 0. The normalized spacial score (nSPS) is 30.9. The summed E-state index contributed by atoms with van der Waals surface area (Å²) in [5.74, 6) is -0.342. The van der Waals surface area contributed by atoms with Crippen LogP contribution in [0.5, 0.6) is 0 Å². The second kappa shape index (κ2) is 9.07. The first kappa shape index (κ1) is 21.7. The van der Waals surface area contributed by atoms with Gasteiger partial charge < -0.3 is 9.47 Å². The van der Waals surface area contributed by atoms with E-state index in [9.17, 15) is 9.59 Å². The zero-order valence-electron chi connectivity index (χ0n) is 17.7. The van der Waals surface area contributed by atoms with Crippen molar-refractivity contribution in [3.8, 4) is 0 Å². The Labute approximate surface area is 164 Å². The predicted molar refractivity (Wildman–Crippen MR) is 107 cm³/mol. The molecule has 0 N–H and O–H groups in total. The van der Waals surface area contributed by atoms with Crippen molar-refractivity contribution in [1.82, 2.24) is 0 Å². The molecule has 1 saturated carbocycles. The number of ether oxygens (including phenoxy) is 2. The molecule has 0 heterocycles. The maximum absolute atomic E-state index is 11.5. The van der Waals surface area contributed by atoms with Gasteiger partial charge in [0, 0.05) is 0 Å². The van der Waals surface area contributed by atoms with Crippen molar-refractivity contribution >= 4 is 11.9 Å². The van der Waals surface area contributed by atoms with E-state index in [0.717, 1.165) is 12.3 Å². The van der Waals surface area contributed by atoms with E-state index in [2.05, 4.69) is 38.5 Å². The van der Waals surface area contributed by atoms with E-state index in [-0.39, 0.29) is 13.0 Å². The molecule has 4 heteroatoms. The number of carbonyl (C=O) groups excluding carboxylic acids is 2. The van der Waals surface area contributed by atoms with Gasteiger partial charge in [-0.3, -0.25) is 9.59 Å². The third-order valence-corrected chi connectivity index (χ3v) is 7.14. The minimum absolute atomic E-state index is 0.224. The maximum atomic E-state index is 11.5. The van der Waals surface area contributed by atoms with Crippen LogP contribution in [0, 0.1) is 16.7 Å². The molecule has 27 heavy (non-hydrogen) atoms. The first-order valence-electron chi connectivity index (χ1n) is 10.3. The van der Waals surface area contributed by atoms with E-state index in [4.69, 9.17) is 4.74 Å². The monoisotopic (exact) mass is 376 g/mol. The number of hydrogen-bond acceptors (Lipinski definition) is 4. The molecule has 4 nitrogen and oxygen atoms in total. The van der Waals surface area contributed by atoms with E-state index >= 15 is 0 Å². The third-order valence-electron chi connectivity index (χ3n) is 7.14. The molecule has 3 atom stereocenters. The molecule has 0 amide bonds. The number of fused-ring (bicyclic) bond motifs is 1. The number of allylic oxidation sites excluding steroid dienone is 3. The predicted octanol–water partition coefficient (Wildman–Crippen LogP) is 5.37. The highest BCUT2D eigenvalue weighted by atomic mass is 16.5. The molecule has 0 saturated heterocycles. The minimum atomic E-state index is -0.564. The van der Waals surface area contributed by atoms with Crippen LogP contribution in [0.25, 0.3) is 0 Å². The molecule has 1 fully saturated rings. The van der Waals surface area contributed by atoms with Crippen molar-refractivity contribution in [3.05, 3.63) is 23.3 Å². The standard InChI is InChI=1S/C23H36O4/c1-17(11-15-27-21(25)16-20(24)26-5)10-14-22(3)12-7-13-23(4)18(2)8-6-9-19(22)23/h8,11,19H,6-7,9-10,12-16H2,1-5H3. The van der Waals surface area contributed by atoms with Crippen LogP contribution in [0.1, 0.15) is 79.1 Å². The highest BCUT2D eigenvalue weighted by Crippen LogP contribution is 2.59. The highest BCUT2D eigenvalue weighted by molar-refractivity contribution is 5.91. The van der Waals surface area contributed by atoms with Gasteiger partial charge in [0.15, 0.2) is 0 Å². The SMILES string of the molecule is COC(=O)CC(=O)OCC=C(C)CCC1(C)CCCC2(C)C(C)=CCCC12. The van der Waals surface area contributed by atoms with Gasteiger partial charge in [0.1, 0.15) is 13.0 Å². The highest BCUT2D eigenvalue weighted by Gasteiger charge is 2.49. The van der Waals surface area contributed by atoms with Gasteiger partial charge >= 0.3 is 11.9 Å². The lowest BCUT2D eigenvalue weighted by Gasteiger charge is -2.55. The second-order valence-corrected chi connectivity index (χ2v) is 8.93. The van der Waals surface area contributed by atoms with Crippen LogP contribution in [0.3, 0.4) is 0 Å². The lowest BCUT2D eigenvalue weighted by atomic mass is 9.50. The van der Waals surface area contributed by atoms with Gasteiger partial charge in [0.05, 0.1) is 7.11 Å². The van der Waals surface area contributed by atoms with Gasteiger partial charge in [-0.25, -0.2) is 0 Å². The summed E-state index contributed by atoms with van der Waals surface area (Å²) in [4.78, 5) is 22.6. The number of carbonyl (C=O) groups is 2. The molecule has 3 unspecified atom stereocenters. The summed E-state index contributed by atoms with van der Waals surface area (Å²) in [6.07, 6.45) is 12.8. The molecule has 152 valence electrons. The van der Waals surface area contributed by atoms with Crippen molar-refractivity contribution in [2.45, 2.75) is 79.1 Å². The number of methoxy groups -OCH3 is 1. The van der Waals surface area contributed by atoms with E-state index in [1.807, 2.05) is 6.08 Å². The van der Waals surface area contributed by atoms with Crippen molar-refractivity contribution in [3.63, 3.8) is 0 Å². The van der Waals surface area contributed by atoms with Gasteiger partial charge in [-0.05, 0) is 75.2 Å². The van der Waals surface area contributed by atoms with E-state index in [1.165, 1.54) is 51.2 Å². The zero-order valence-corrected chi connectivity index (χ0v) is 17.7. The summed E-state index contributed by atoms with van der Waals surface area (Å²) in [6.45, 7) is 9.61. The average Bonchev–Trinajstić information content (AvgIpc) is 2.61. The Balaban J connectivity index is 1.88. The summed E-state index contributed by atoms with van der Waals surface area (Å²) in [5.41, 5.74) is 3.58. The van der Waals surface area contributed by atoms with Crippen molar-refractivity contribution in [2.75, 3.05) is 13.7 Å². The van der Waals surface area contributed by atoms with Gasteiger partial charge in [0.25, 0.3) is 0 Å². The molecule has 0 aliphatic heterocycles. The zero-order chi connectivity index (χ0) is 20.1. The Morgan fingerprint density at radius 3 is 2.70 bits per heavy atom. The van der Waals surface area contributed by atoms with Gasteiger partial charge in [-0.2, -0.15) is 0 Å². The Hall–Kier alpha value is -1.58. The largest absolute Gasteiger partial charge is 0.469 e. The van der Waals surface area contributed by atoms with Gasteiger partial charge in [-0.15, -0.1) is 0 Å². The number of esters is 2. The van der Waals surface area contributed by atoms with Crippen LogP contribution < -0.4 is 0 Å². The lowest BCUT2D eigenvalue weighted by molar-refractivity contribution is -0.152. The molecule has 0 aromatic rings. The quantitative estimate of drug-likeness (QED) is 0.340. The fraction of sp³-hybridized carbons (Fsp3) is 0.739. The third kappa shape index (κ3) is 5.24. The van der Waals surface area contributed by atoms with Crippen LogP contribution in [0.2, 0.25) is 0 Å². The molecule has 0 aromatic heterocycles. The number of hydrogen-bond donors (Lipinski definition) is 0. The van der Waals surface area contributed by atoms with E-state index in [1.54, 1.807) is 5.57 Å². The maximum Gasteiger partial charge on any atom is 0.317 e. The molecule has 0 radical (unpaired) electrons. The fourth-order valence-electron chi connectivity index (χ4n) is 5.22. The van der Waals surface area contributed by atoms with Crippen LogP contribution in [0.15, 0.2) is 23.3 Å². The van der Waals surface area contributed by atoms with Gasteiger partial charge in [-0.1, -0.05) is 37.5 Å². The molecule has 0 aromatic carbocycles. The molecule has 2 rings (SSSR count). The van der Waals surface area contributed by atoms with Crippen molar-refractivity contribution in [2.24, 2.45) is 16.7 Å². The van der Waals surface area contributed by atoms with Crippen molar-refractivity contribution < 1.29 is 19.1 Å². The Morgan fingerprint density at radius 2 is 2.00 bits per heavy atom. The Kier molecular flexibility index (Phi) is 7.30. The first-order valence-corrected chi connectivity index (χ1v) is 10.3. The van der Waals surface area contributed by atoms with Crippen molar-refractivity contribution in [1.29, 1.82) is 0 Å². The van der Waals surface area contributed by atoms with E-state index in [0.29, 0.717) is 10.8 Å². The molecule has 0 spiro atoms. The van der Waals surface area contributed by atoms with Crippen LogP contribution in [-0.4, -0.2) is 25.7 Å². The summed E-state index contributed by atoms with van der Waals surface area (Å²) in [7, 11) is 1.26. The van der Waals surface area contributed by atoms with E-state index < -0.39 is 11.9 Å². The van der Waals surface area contributed by atoms with Gasteiger partial charge in [0.2, 0.25) is 0 Å². The average molecular weight is 377 g/mol. The Bertz CT molecular complexity index is 618. The second-order valence-electron chi connectivity index (χ2n) is 8.93. The molecule has 2 aliphatic carbocycles. The first-order chi connectivity index (χ1) is 12.7. The Morgan fingerprint density at radius 1 is 1.26 bits per heavy atom. The molecular formula is C23H36O4. The summed E-state index contributed by atoms with van der Waals surface area (Å²) in [6, 6.07) is 0. The molecular weight excluding hydrogens is 340 g/mol. The summed E-state index contributed by atoms with van der Waals surface area (Å²) in [5, 5.41) is 0. The fourth-order valence-corrected chi connectivity index (χ4v) is 5.22. The molecule has 2 aliphatic rings. The summed E-state index contributed by atoms with van der Waals surface area (Å²) < 4.78 is 9.56. The van der Waals surface area contributed by atoms with Crippen LogP contribution in [0.4, 0.5) is 0 Å². The minimum Gasteiger partial charge on any atom is -0.469 e. The van der Waals surface area contributed by atoms with Crippen LogP contribution >= 0.6 is 0 Å². The lowest BCUT2D eigenvalue weighted by Crippen LogP contribution is -2.45. The molecule has 0 bridgehead atoms. The smallest absolute Gasteiger partial charge is 0.317 e. The van der Waals surface area contributed by atoms with Crippen LogP contribution in [-0.2, 0) is 19.1 Å².